The van der Waals surface area contributed by atoms with Crippen LogP contribution in [0.2, 0.25) is 0 Å². The van der Waals surface area contributed by atoms with Crippen LogP contribution in [0.5, 0.6) is 5.75 Å². The number of hydrogen-bond acceptors (Lipinski definition) is 4. The van der Waals surface area contributed by atoms with E-state index in [2.05, 4.69) is 81.0 Å². The van der Waals surface area contributed by atoms with Gasteiger partial charge in [-0.15, -0.1) is 12.8 Å². The van der Waals surface area contributed by atoms with Gasteiger partial charge in [-0.05, 0) is 47.9 Å². The minimum absolute atomic E-state index is 0.324. The highest BCUT2D eigenvalue weighted by molar-refractivity contribution is 7.08. The predicted molar refractivity (Wildman–Crippen MR) is 137 cm³/mol. The van der Waals surface area contributed by atoms with Gasteiger partial charge in [-0.2, -0.15) is 11.3 Å². The summed E-state index contributed by atoms with van der Waals surface area (Å²) in [6.07, 6.45) is 14.6. The SMILES string of the molecule is C#C.C/C=C/CNCc1cccc(O)c1.CC(C)(C)C.CCCCNc1ccsc1. The van der Waals surface area contributed by atoms with E-state index in [1.165, 1.54) is 18.5 Å². The van der Waals surface area contributed by atoms with E-state index >= 15 is 0 Å². The summed E-state index contributed by atoms with van der Waals surface area (Å²) in [5.41, 5.74) is 2.86. The molecule has 0 aliphatic carbocycles. The number of nitrogens with one attached hydrogen (secondary N) is 2. The van der Waals surface area contributed by atoms with Crippen molar-refractivity contribution < 1.29 is 5.11 Å². The molecule has 168 valence electrons. The first-order chi connectivity index (χ1) is 14.3. The van der Waals surface area contributed by atoms with Crippen molar-refractivity contribution in [2.24, 2.45) is 5.41 Å². The number of rotatable bonds is 8. The second kappa shape index (κ2) is 20.1. The molecule has 0 aliphatic heterocycles. The van der Waals surface area contributed by atoms with E-state index in [1.54, 1.807) is 23.5 Å². The Kier molecular flexibility index (Phi) is 20.1. The zero-order valence-corrected chi connectivity index (χ0v) is 20.6. The first kappa shape index (κ1) is 30.0. The molecule has 2 rings (SSSR count). The largest absolute Gasteiger partial charge is 0.508 e. The van der Waals surface area contributed by atoms with Gasteiger partial charge < -0.3 is 15.7 Å². The zero-order valence-electron chi connectivity index (χ0n) is 19.7. The van der Waals surface area contributed by atoms with Gasteiger partial charge in [-0.3, -0.25) is 0 Å². The molecule has 0 atom stereocenters. The lowest BCUT2D eigenvalue weighted by atomic mass is 10.0. The highest BCUT2D eigenvalue weighted by Gasteiger charge is 1.95. The highest BCUT2D eigenvalue weighted by Crippen LogP contribution is 2.11. The van der Waals surface area contributed by atoms with Crippen LogP contribution in [-0.4, -0.2) is 18.2 Å². The molecule has 1 aromatic heterocycles. The molecule has 0 fully saturated rings. The number of unbranched alkanes of at least 4 members (excludes halogenated alkanes) is 1. The first-order valence-corrected chi connectivity index (χ1v) is 11.4. The van der Waals surface area contributed by atoms with Crippen LogP contribution in [0.15, 0.2) is 53.2 Å². The van der Waals surface area contributed by atoms with Crippen molar-refractivity contribution in [3.63, 3.8) is 0 Å². The molecule has 30 heavy (non-hydrogen) atoms. The lowest BCUT2D eigenvalue weighted by Crippen LogP contribution is -2.12. The Labute approximate surface area is 189 Å². The molecule has 0 saturated heterocycles. The smallest absolute Gasteiger partial charge is 0.115 e. The van der Waals surface area contributed by atoms with Crippen molar-refractivity contribution in [2.75, 3.05) is 18.4 Å². The number of aromatic hydroxyl groups is 1. The standard InChI is InChI=1S/C11H15NO.C8H13NS.C5H12.C2H2/c1-2-3-7-12-9-10-5-4-6-11(13)8-10;1-2-3-5-9-8-4-6-10-7-8;1-5(2,3)4;1-2/h2-6,8,12-13H,7,9H2,1H3;4,6-7,9H,2-3,5H2,1H3;1-4H3;1-2H/b3-2+;;;. The summed E-state index contributed by atoms with van der Waals surface area (Å²) in [6, 6.07) is 9.39. The minimum Gasteiger partial charge on any atom is -0.508 e. The van der Waals surface area contributed by atoms with Gasteiger partial charge in [0.25, 0.3) is 0 Å². The van der Waals surface area contributed by atoms with Crippen molar-refractivity contribution in [3.05, 3.63) is 58.8 Å². The molecule has 1 aromatic carbocycles. The molecule has 0 radical (unpaired) electrons. The van der Waals surface area contributed by atoms with E-state index in [4.69, 9.17) is 0 Å². The van der Waals surface area contributed by atoms with Crippen molar-refractivity contribution in [2.45, 2.75) is 60.9 Å². The van der Waals surface area contributed by atoms with Crippen LogP contribution >= 0.6 is 11.3 Å². The van der Waals surface area contributed by atoms with Gasteiger partial charge in [-0.25, -0.2) is 0 Å². The molecule has 0 bridgehead atoms. The van der Waals surface area contributed by atoms with Gasteiger partial charge >= 0.3 is 0 Å². The van der Waals surface area contributed by atoms with E-state index in [1.807, 2.05) is 25.1 Å². The van der Waals surface area contributed by atoms with Crippen LogP contribution in [0.1, 0.15) is 59.9 Å². The van der Waals surface area contributed by atoms with Gasteiger partial charge in [0.15, 0.2) is 0 Å². The summed E-state index contributed by atoms with van der Waals surface area (Å²) in [5.74, 6) is 0.324. The average molecular weight is 431 g/mol. The van der Waals surface area contributed by atoms with Crippen LogP contribution in [0.25, 0.3) is 0 Å². The Morgan fingerprint density at radius 3 is 2.30 bits per heavy atom. The molecule has 0 aliphatic rings. The summed E-state index contributed by atoms with van der Waals surface area (Å²) < 4.78 is 0. The van der Waals surface area contributed by atoms with Crippen LogP contribution < -0.4 is 10.6 Å². The lowest BCUT2D eigenvalue weighted by molar-refractivity contribution is 0.469. The topological polar surface area (TPSA) is 44.3 Å². The fourth-order valence-corrected chi connectivity index (χ4v) is 2.47. The Balaban J connectivity index is 0. The fraction of sp³-hybridized carbons (Fsp3) is 0.462. The van der Waals surface area contributed by atoms with Gasteiger partial charge in [-0.1, -0.05) is 65.3 Å². The van der Waals surface area contributed by atoms with Crippen LogP contribution in [0, 0.1) is 18.3 Å². The van der Waals surface area contributed by atoms with Crippen molar-refractivity contribution in [3.8, 4) is 18.6 Å². The van der Waals surface area contributed by atoms with Crippen molar-refractivity contribution >= 4 is 17.0 Å². The highest BCUT2D eigenvalue weighted by atomic mass is 32.1. The number of allylic oxidation sites excluding steroid dienone is 1. The summed E-state index contributed by atoms with van der Waals surface area (Å²) in [6.45, 7) is 15.7. The molecule has 0 unspecified atom stereocenters. The average Bonchev–Trinajstić information content (AvgIpc) is 3.20. The molecule has 2 aromatic rings. The minimum atomic E-state index is 0.324. The normalized spacial score (nSPS) is 10.0. The lowest BCUT2D eigenvalue weighted by Gasteiger charge is -2.05. The summed E-state index contributed by atoms with van der Waals surface area (Å²) >= 11 is 1.74. The summed E-state index contributed by atoms with van der Waals surface area (Å²) in [5, 5.41) is 20.0. The van der Waals surface area contributed by atoms with E-state index in [0.717, 1.165) is 25.2 Å². The van der Waals surface area contributed by atoms with E-state index in [-0.39, 0.29) is 0 Å². The van der Waals surface area contributed by atoms with Gasteiger partial charge in [0, 0.05) is 30.7 Å². The van der Waals surface area contributed by atoms with Crippen molar-refractivity contribution in [1.29, 1.82) is 0 Å². The van der Waals surface area contributed by atoms with Gasteiger partial charge in [0.1, 0.15) is 5.75 Å². The van der Waals surface area contributed by atoms with E-state index in [0.29, 0.717) is 11.2 Å². The third kappa shape index (κ3) is 23.8. The molecule has 0 amide bonds. The number of terminal acetylenes is 1. The van der Waals surface area contributed by atoms with E-state index in [9.17, 15) is 5.11 Å². The maximum absolute atomic E-state index is 9.17. The van der Waals surface area contributed by atoms with Crippen LogP contribution in [-0.2, 0) is 6.54 Å². The number of benzene rings is 1. The molecule has 4 heteroatoms. The third-order valence-electron chi connectivity index (χ3n) is 3.12. The third-order valence-corrected chi connectivity index (χ3v) is 3.80. The number of thiophene rings is 1. The van der Waals surface area contributed by atoms with Gasteiger partial charge in [0.2, 0.25) is 0 Å². The van der Waals surface area contributed by atoms with Gasteiger partial charge in [0.05, 0.1) is 0 Å². The predicted octanol–water partition coefficient (Wildman–Crippen LogP) is 7.32. The fourth-order valence-electron chi connectivity index (χ4n) is 1.86. The van der Waals surface area contributed by atoms with E-state index < -0.39 is 0 Å². The summed E-state index contributed by atoms with van der Waals surface area (Å²) in [4.78, 5) is 0. The molecule has 3 N–H and O–H groups in total. The maximum Gasteiger partial charge on any atom is 0.115 e. The molecule has 3 nitrogen and oxygen atoms in total. The number of anilines is 1. The number of phenolic OH excluding ortho intramolecular Hbond substituents is 1. The second-order valence-corrected chi connectivity index (χ2v) is 8.94. The van der Waals surface area contributed by atoms with Crippen LogP contribution in [0.4, 0.5) is 5.69 Å². The molecule has 0 spiro atoms. The molecule has 1 heterocycles. The zero-order chi connectivity index (χ0) is 23.3. The molecular weight excluding hydrogens is 388 g/mol. The van der Waals surface area contributed by atoms with Crippen molar-refractivity contribution in [1.82, 2.24) is 5.32 Å². The Bertz CT molecular complexity index is 649. The Hall–Kier alpha value is -2.22. The first-order valence-electron chi connectivity index (χ1n) is 10.5. The maximum atomic E-state index is 9.17. The van der Waals surface area contributed by atoms with Crippen LogP contribution in [0.3, 0.4) is 0 Å². The number of phenols is 1. The Morgan fingerprint density at radius 1 is 1.13 bits per heavy atom. The molecule has 0 saturated carbocycles. The number of hydrogen-bond donors (Lipinski definition) is 3. The summed E-state index contributed by atoms with van der Waals surface area (Å²) in [7, 11) is 0. The Morgan fingerprint density at radius 2 is 1.80 bits per heavy atom. The monoisotopic (exact) mass is 430 g/mol. The second-order valence-electron chi connectivity index (χ2n) is 8.16. The molecular formula is C26H42N2OS. The quantitative estimate of drug-likeness (QED) is 0.233.